The second kappa shape index (κ2) is 6.01. The smallest absolute Gasteiger partial charge is 0.233 e. The third-order valence-corrected chi connectivity index (χ3v) is 4.55. The molecule has 0 amide bonds. The van der Waals surface area contributed by atoms with Crippen molar-refractivity contribution in [1.29, 1.82) is 0 Å². The molecule has 1 aliphatic rings. The lowest BCUT2D eigenvalue weighted by Crippen LogP contribution is -2.35. The van der Waals surface area contributed by atoms with E-state index in [9.17, 15) is 21.6 Å². The van der Waals surface area contributed by atoms with Crippen LogP contribution in [-0.4, -0.2) is 27.3 Å². The molecule has 0 saturated carbocycles. The number of halogens is 3. The van der Waals surface area contributed by atoms with Crippen molar-refractivity contribution < 1.29 is 21.6 Å². The van der Waals surface area contributed by atoms with Gasteiger partial charge in [0.05, 0.1) is 11.4 Å². The van der Waals surface area contributed by atoms with Crippen LogP contribution in [0.5, 0.6) is 0 Å². The quantitative estimate of drug-likeness (QED) is 0.835. The highest BCUT2D eigenvalue weighted by molar-refractivity contribution is 7.92. The molecule has 1 unspecified atom stereocenters. The summed E-state index contributed by atoms with van der Waals surface area (Å²) in [7, 11) is -3.85. The molecule has 0 aliphatic carbocycles. The standard InChI is InChI=1S/C12H15F3N2O2S/c13-9-4-10(14)12(15)11(5-9)17-20(18,19)7-8-2-1-3-16-6-8/h4-5,8,16-17H,1-3,6-7H2. The van der Waals surface area contributed by atoms with Gasteiger partial charge in [0.25, 0.3) is 0 Å². The normalized spacial score (nSPS) is 19.9. The summed E-state index contributed by atoms with van der Waals surface area (Å²) in [5, 5.41) is 3.06. The van der Waals surface area contributed by atoms with E-state index in [1.54, 1.807) is 0 Å². The molecule has 1 atom stereocenters. The average Bonchev–Trinajstić information content (AvgIpc) is 2.35. The summed E-state index contributed by atoms with van der Waals surface area (Å²) < 4.78 is 65.1. The predicted molar refractivity (Wildman–Crippen MR) is 69.3 cm³/mol. The molecule has 0 spiro atoms. The predicted octanol–water partition coefficient (Wildman–Crippen LogP) is 1.85. The Labute approximate surface area is 115 Å². The van der Waals surface area contributed by atoms with E-state index in [0.29, 0.717) is 18.7 Å². The molecule has 1 heterocycles. The zero-order valence-corrected chi connectivity index (χ0v) is 11.4. The van der Waals surface area contributed by atoms with Crippen molar-refractivity contribution in [2.24, 2.45) is 5.92 Å². The Morgan fingerprint density at radius 2 is 2.05 bits per heavy atom. The first-order valence-corrected chi connectivity index (χ1v) is 7.88. The van der Waals surface area contributed by atoms with Crippen LogP contribution in [0.1, 0.15) is 12.8 Å². The highest BCUT2D eigenvalue weighted by Crippen LogP contribution is 2.21. The number of piperidine rings is 1. The van der Waals surface area contributed by atoms with Gasteiger partial charge in [0.15, 0.2) is 11.6 Å². The SMILES string of the molecule is O=S(=O)(CC1CCCNC1)Nc1cc(F)cc(F)c1F. The van der Waals surface area contributed by atoms with Gasteiger partial charge in [-0.25, -0.2) is 21.6 Å². The van der Waals surface area contributed by atoms with E-state index in [0.717, 1.165) is 19.4 Å². The number of hydrogen-bond acceptors (Lipinski definition) is 3. The van der Waals surface area contributed by atoms with Crippen molar-refractivity contribution in [3.63, 3.8) is 0 Å². The minimum absolute atomic E-state index is 0.0947. The molecule has 2 rings (SSSR count). The van der Waals surface area contributed by atoms with Crippen LogP contribution >= 0.6 is 0 Å². The van der Waals surface area contributed by atoms with Gasteiger partial charge in [-0.15, -0.1) is 0 Å². The van der Waals surface area contributed by atoms with Gasteiger partial charge in [-0.1, -0.05) is 0 Å². The van der Waals surface area contributed by atoms with E-state index >= 15 is 0 Å². The number of anilines is 1. The fourth-order valence-electron chi connectivity index (χ4n) is 2.22. The molecule has 1 saturated heterocycles. The van der Waals surface area contributed by atoms with Crippen molar-refractivity contribution in [3.8, 4) is 0 Å². The number of rotatable bonds is 4. The van der Waals surface area contributed by atoms with Gasteiger partial charge in [-0.3, -0.25) is 4.72 Å². The zero-order chi connectivity index (χ0) is 14.8. The lowest BCUT2D eigenvalue weighted by Gasteiger charge is -2.22. The maximum Gasteiger partial charge on any atom is 0.233 e. The molecule has 1 aliphatic heterocycles. The summed E-state index contributed by atoms with van der Waals surface area (Å²) in [4.78, 5) is 0. The first-order chi connectivity index (χ1) is 9.37. The minimum Gasteiger partial charge on any atom is -0.316 e. The third kappa shape index (κ3) is 3.86. The monoisotopic (exact) mass is 308 g/mol. The number of sulfonamides is 1. The largest absolute Gasteiger partial charge is 0.316 e. The topological polar surface area (TPSA) is 58.2 Å². The Hall–Kier alpha value is -1.28. The van der Waals surface area contributed by atoms with Gasteiger partial charge in [0, 0.05) is 12.1 Å². The fraction of sp³-hybridized carbons (Fsp3) is 0.500. The van der Waals surface area contributed by atoms with E-state index < -0.39 is 33.2 Å². The summed E-state index contributed by atoms with van der Waals surface area (Å²) in [6.07, 6.45) is 1.61. The fourth-order valence-corrected chi connectivity index (χ4v) is 3.69. The second-order valence-electron chi connectivity index (χ2n) is 4.85. The first-order valence-electron chi connectivity index (χ1n) is 6.23. The van der Waals surface area contributed by atoms with E-state index in [2.05, 4.69) is 5.32 Å². The van der Waals surface area contributed by atoms with E-state index in [-0.39, 0.29) is 11.7 Å². The van der Waals surface area contributed by atoms with E-state index in [4.69, 9.17) is 0 Å². The Morgan fingerprint density at radius 3 is 2.70 bits per heavy atom. The highest BCUT2D eigenvalue weighted by Gasteiger charge is 2.23. The van der Waals surface area contributed by atoms with Gasteiger partial charge in [-0.05, 0) is 31.8 Å². The molecule has 2 N–H and O–H groups in total. The van der Waals surface area contributed by atoms with E-state index in [1.807, 2.05) is 4.72 Å². The van der Waals surface area contributed by atoms with Gasteiger partial charge in [0.1, 0.15) is 5.82 Å². The molecular weight excluding hydrogens is 293 g/mol. The van der Waals surface area contributed by atoms with E-state index in [1.165, 1.54) is 0 Å². The molecule has 20 heavy (non-hydrogen) atoms. The maximum absolute atomic E-state index is 13.4. The van der Waals surface area contributed by atoms with Gasteiger partial charge < -0.3 is 5.32 Å². The molecule has 0 radical (unpaired) electrons. The Bertz CT molecular complexity index is 587. The molecule has 1 fully saturated rings. The summed E-state index contributed by atoms with van der Waals surface area (Å²) in [5.74, 6) is -4.18. The molecule has 1 aromatic carbocycles. The molecule has 0 bridgehead atoms. The van der Waals surface area contributed by atoms with Crippen LogP contribution in [0, 0.1) is 23.4 Å². The molecular formula is C12H15F3N2O2S. The lowest BCUT2D eigenvalue weighted by molar-refractivity contribution is 0.404. The number of nitrogens with one attached hydrogen (secondary N) is 2. The van der Waals surface area contributed by atoms with Crippen LogP contribution in [0.2, 0.25) is 0 Å². The van der Waals surface area contributed by atoms with Crippen LogP contribution in [0.25, 0.3) is 0 Å². The second-order valence-corrected chi connectivity index (χ2v) is 6.61. The van der Waals surface area contributed by atoms with Gasteiger partial charge in [0.2, 0.25) is 10.0 Å². The van der Waals surface area contributed by atoms with Gasteiger partial charge >= 0.3 is 0 Å². The van der Waals surface area contributed by atoms with Crippen molar-refractivity contribution in [3.05, 3.63) is 29.6 Å². The van der Waals surface area contributed by atoms with Crippen molar-refractivity contribution >= 4 is 15.7 Å². The van der Waals surface area contributed by atoms with Crippen LogP contribution in [0.3, 0.4) is 0 Å². The maximum atomic E-state index is 13.4. The minimum atomic E-state index is -3.85. The van der Waals surface area contributed by atoms with Gasteiger partial charge in [-0.2, -0.15) is 0 Å². The first kappa shape index (κ1) is 15.1. The third-order valence-electron chi connectivity index (χ3n) is 3.11. The van der Waals surface area contributed by atoms with Crippen LogP contribution in [-0.2, 0) is 10.0 Å². The number of benzene rings is 1. The molecule has 112 valence electrons. The summed E-state index contributed by atoms with van der Waals surface area (Å²) >= 11 is 0. The van der Waals surface area contributed by atoms with Crippen LogP contribution in [0.15, 0.2) is 12.1 Å². The van der Waals surface area contributed by atoms with Crippen molar-refractivity contribution in [2.75, 3.05) is 23.6 Å². The summed E-state index contributed by atoms with van der Waals surface area (Å²) in [5.41, 5.74) is -0.703. The zero-order valence-electron chi connectivity index (χ0n) is 10.6. The van der Waals surface area contributed by atoms with Crippen LogP contribution in [0.4, 0.5) is 18.9 Å². The molecule has 0 aromatic heterocycles. The van der Waals surface area contributed by atoms with Crippen molar-refractivity contribution in [2.45, 2.75) is 12.8 Å². The Kier molecular flexibility index (Phi) is 4.54. The summed E-state index contributed by atoms with van der Waals surface area (Å²) in [6, 6.07) is 0.979. The number of hydrogen-bond donors (Lipinski definition) is 2. The Morgan fingerprint density at radius 1 is 1.30 bits per heavy atom. The highest BCUT2D eigenvalue weighted by atomic mass is 32.2. The van der Waals surface area contributed by atoms with Crippen molar-refractivity contribution in [1.82, 2.24) is 5.32 Å². The summed E-state index contributed by atoms with van der Waals surface area (Å²) in [6.45, 7) is 1.40. The van der Waals surface area contributed by atoms with Crippen LogP contribution < -0.4 is 10.0 Å². The Balaban J connectivity index is 2.11. The molecule has 4 nitrogen and oxygen atoms in total. The molecule has 1 aromatic rings. The lowest BCUT2D eigenvalue weighted by atomic mass is 10.0. The molecule has 8 heteroatoms. The average molecular weight is 308 g/mol.